The number of quaternary nitrogens is 1. The summed E-state index contributed by atoms with van der Waals surface area (Å²) in [6, 6.07) is 7.37. The lowest BCUT2D eigenvalue weighted by molar-refractivity contribution is -0.928. The van der Waals surface area contributed by atoms with Crippen molar-refractivity contribution in [3.05, 3.63) is 29.0 Å². The summed E-state index contributed by atoms with van der Waals surface area (Å²) in [5, 5.41) is 14.8. The van der Waals surface area contributed by atoms with Gasteiger partial charge >= 0.3 is 5.97 Å². The van der Waals surface area contributed by atoms with Gasteiger partial charge in [0.25, 0.3) is 0 Å². The van der Waals surface area contributed by atoms with Crippen LogP contribution >= 0.6 is 12.2 Å². The molecular weight excluding hydrogens is 380 g/mol. The first-order valence-corrected chi connectivity index (χ1v) is 9.70. The Bertz CT molecular complexity index is 890. The fourth-order valence-corrected chi connectivity index (χ4v) is 4.07. The molecule has 2 heterocycles. The van der Waals surface area contributed by atoms with Gasteiger partial charge < -0.3 is 19.5 Å². The first-order valence-electron chi connectivity index (χ1n) is 9.30. The second-order valence-electron chi connectivity index (χ2n) is 7.28. The Labute approximate surface area is 169 Å². The smallest absolute Gasteiger partial charge is 0.364 e. The Morgan fingerprint density at radius 3 is 2.61 bits per heavy atom. The minimum atomic E-state index is -0.540. The second kappa shape index (κ2) is 8.42. The zero-order chi connectivity index (χ0) is 20.4. The molecule has 2 N–H and O–H groups in total. The Balaban J connectivity index is 1.96. The van der Waals surface area contributed by atoms with Crippen LogP contribution in [0.4, 0.5) is 0 Å². The van der Waals surface area contributed by atoms with Crippen molar-refractivity contribution < 1.29 is 24.3 Å². The van der Waals surface area contributed by atoms with E-state index in [2.05, 4.69) is 13.8 Å². The summed E-state index contributed by atoms with van der Waals surface area (Å²) < 4.78 is 14.4. The monoisotopic (exact) mass is 407 g/mol. The van der Waals surface area contributed by atoms with Crippen LogP contribution in [0.3, 0.4) is 0 Å². The number of hydrogen-bond acceptors (Lipinski definition) is 6. The molecule has 0 spiro atoms. The van der Waals surface area contributed by atoms with Crippen LogP contribution in [0, 0.1) is 4.77 Å². The van der Waals surface area contributed by atoms with E-state index in [9.17, 15) is 9.90 Å². The van der Waals surface area contributed by atoms with E-state index >= 15 is 0 Å². The number of nitrogens with one attached hydrogen (secondary N) is 1. The standard InChI is InChI=1S/C19H26N4O4S/c1-12(2)23-17(13-5-7-15(26-3)8-6-13)20-22(19(23)28)11-21-10-14(24)9-16(21)18(25)27-4/h5-8,12,14,16,24H,9-11H2,1-4H3/p+1/t14-,16+/m1/s1. The van der Waals surface area contributed by atoms with E-state index in [-0.39, 0.29) is 12.0 Å². The number of methoxy groups -OCH3 is 2. The summed E-state index contributed by atoms with van der Waals surface area (Å²) in [5.74, 6) is 1.21. The maximum atomic E-state index is 12.1. The van der Waals surface area contributed by atoms with Crippen molar-refractivity contribution in [3.63, 3.8) is 0 Å². The van der Waals surface area contributed by atoms with Crippen LogP contribution < -0.4 is 9.64 Å². The zero-order valence-corrected chi connectivity index (χ0v) is 17.4. The van der Waals surface area contributed by atoms with Gasteiger partial charge in [0.2, 0.25) is 4.77 Å². The summed E-state index contributed by atoms with van der Waals surface area (Å²) in [4.78, 5) is 13.0. The van der Waals surface area contributed by atoms with Gasteiger partial charge in [-0.2, -0.15) is 4.68 Å². The number of benzene rings is 1. The van der Waals surface area contributed by atoms with Crippen LogP contribution in [0.15, 0.2) is 24.3 Å². The van der Waals surface area contributed by atoms with Gasteiger partial charge in [-0.25, -0.2) is 4.79 Å². The largest absolute Gasteiger partial charge is 0.497 e. The predicted octanol–water partition coefficient (Wildman–Crippen LogP) is 0.819. The number of nitrogens with zero attached hydrogens (tertiary/aromatic N) is 3. The maximum Gasteiger partial charge on any atom is 0.364 e. The highest BCUT2D eigenvalue weighted by Crippen LogP contribution is 2.24. The lowest BCUT2D eigenvalue weighted by Crippen LogP contribution is -3.14. The van der Waals surface area contributed by atoms with Crippen LogP contribution in [-0.2, 0) is 16.2 Å². The summed E-state index contributed by atoms with van der Waals surface area (Å²) in [6.07, 6.45) is -0.160. The molecule has 0 saturated carbocycles. The van der Waals surface area contributed by atoms with E-state index < -0.39 is 12.1 Å². The van der Waals surface area contributed by atoms with Crippen molar-refractivity contribution in [1.29, 1.82) is 0 Å². The van der Waals surface area contributed by atoms with Gasteiger partial charge in [0, 0.05) is 18.0 Å². The summed E-state index contributed by atoms with van der Waals surface area (Å²) >= 11 is 5.68. The van der Waals surface area contributed by atoms with Crippen molar-refractivity contribution in [2.45, 2.75) is 45.1 Å². The summed E-state index contributed by atoms with van der Waals surface area (Å²) in [5.41, 5.74) is 0.931. The SMILES string of the molecule is COC(=O)[C@@H]1C[C@@H](O)C[NH+]1Cn1nc(-c2ccc(OC)cc2)n(C(C)C)c1=S. The predicted molar refractivity (Wildman–Crippen MR) is 106 cm³/mol. The molecule has 1 saturated heterocycles. The highest BCUT2D eigenvalue weighted by Gasteiger charge is 2.41. The lowest BCUT2D eigenvalue weighted by Gasteiger charge is -2.18. The number of hydrogen-bond donors (Lipinski definition) is 2. The molecule has 1 unspecified atom stereocenters. The molecule has 0 aliphatic carbocycles. The van der Waals surface area contributed by atoms with Crippen molar-refractivity contribution in [2.24, 2.45) is 0 Å². The molecule has 0 bridgehead atoms. The second-order valence-corrected chi connectivity index (χ2v) is 7.65. The summed E-state index contributed by atoms with van der Waals surface area (Å²) in [7, 11) is 3.00. The van der Waals surface area contributed by atoms with Crippen molar-refractivity contribution in [2.75, 3.05) is 20.8 Å². The molecule has 3 rings (SSSR count). The third kappa shape index (κ3) is 3.96. The fraction of sp³-hybridized carbons (Fsp3) is 0.526. The fourth-order valence-electron chi connectivity index (χ4n) is 3.66. The lowest BCUT2D eigenvalue weighted by atomic mass is 10.2. The molecule has 152 valence electrons. The van der Waals surface area contributed by atoms with Crippen LogP contribution in [-0.4, -0.2) is 58.3 Å². The van der Waals surface area contributed by atoms with E-state index in [4.69, 9.17) is 26.8 Å². The Morgan fingerprint density at radius 2 is 2.04 bits per heavy atom. The number of carbonyl (C=O) groups is 1. The number of esters is 1. The van der Waals surface area contributed by atoms with Crippen LogP contribution in [0.5, 0.6) is 5.75 Å². The molecule has 2 aromatic rings. The highest BCUT2D eigenvalue weighted by molar-refractivity contribution is 7.71. The van der Waals surface area contributed by atoms with Gasteiger partial charge in [-0.05, 0) is 50.3 Å². The van der Waals surface area contributed by atoms with Crippen LogP contribution in [0.1, 0.15) is 26.3 Å². The molecule has 1 aromatic carbocycles. The molecule has 28 heavy (non-hydrogen) atoms. The quantitative estimate of drug-likeness (QED) is 0.545. The van der Waals surface area contributed by atoms with E-state index in [1.165, 1.54) is 7.11 Å². The van der Waals surface area contributed by atoms with E-state index in [0.717, 1.165) is 22.0 Å². The Kier molecular flexibility index (Phi) is 6.17. The Morgan fingerprint density at radius 1 is 1.36 bits per heavy atom. The number of rotatable bonds is 6. The molecule has 1 aliphatic rings. The Hall–Kier alpha value is -2.23. The topological polar surface area (TPSA) is 82.9 Å². The first-order chi connectivity index (χ1) is 13.3. The molecule has 8 nitrogen and oxygen atoms in total. The molecule has 0 radical (unpaired) electrons. The molecule has 1 aromatic heterocycles. The van der Waals surface area contributed by atoms with Crippen molar-refractivity contribution in [1.82, 2.24) is 14.3 Å². The highest BCUT2D eigenvalue weighted by atomic mass is 32.1. The molecule has 9 heteroatoms. The van der Waals surface area contributed by atoms with Gasteiger partial charge in [-0.15, -0.1) is 5.10 Å². The summed E-state index contributed by atoms with van der Waals surface area (Å²) in [6.45, 7) is 4.95. The molecule has 0 amide bonds. The van der Waals surface area contributed by atoms with Gasteiger partial charge in [-0.3, -0.25) is 4.57 Å². The number of carbonyl (C=O) groups excluding carboxylic acids is 1. The first kappa shape index (κ1) is 20.5. The van der Waals surface area contributed by atoms with E-state index in [0.29, 0.717) is 24.4 Å². The van der Waals surface area contributed by atoms with Gasteiger partial charge in [0.15, 0.2) is 18.5 Å². The molecular formula is C19H27N4O4S+. The van der Waals surface area contributed by atoms with Crippen LogP contribution in [0.25, 0.3) is 11.4 Å². The number of aliphatic hydroxyl groups excluding tert-OH is 1. The third-order valence-corrected chi connectivity index (χ3v) is 5.48. The number of aliphatic hydroxyl groups is 1. The number of likely N-dealkylation sites (tertiary alicyclic amines) is 1. The molecule has 1 fully saturated rings. The van der Waals surface area contributed by atoms with Gasteiger partial charge in [0.1, 0.15) is 18.4 Å². The van der Waals surface area contributed by atoms with Gasteiger partial charge in [0.05, 0.1) is 14.2 Å². The average molecular weight is 408 g/mol. The number of aromatic nitrogens is 3. The van der Waals surface area contributed by atoms with Crippen molar-refractivity contribution >= 4 is 18.2 Å². The maximum absolute atomic E-state index is 12.1. The van der Waals surface area contributed by atoms with E-state index in [1.54, 1.807) is 11.8 Å². The molecule has 3 atom stereocenters. The minimum Gasteiger partial charge on any atom is -0.497 e. The normalized spacial score (nSPS) is 21.9. The van der Waals surface area contributed by atoms with Crippen molar-refractivity contribution in [3.8, 4) is 17.1 Å². The zero-order valence-electron chi connectivity index (χ0n) is 16.6. The number of ether oxygens (including phenoxy) is 2. The average Bonchev–Trinajstić information content (AvgIpc) is 3.21. The molecule has 1 aliphatic heterocycles. The van der Waals surface area contributed by atoms with Crippen LogP contribution in [0.2, 0.25) is 0 Å². The minimum absolute atomic E-state index is 0.119. The van der Waals surface area contributed by atoms with Gasteiger partial charge in [-0.1, -0.05) is 0 Å². The van der Waals surface area contributed by atoms with E-state index in [1.807, 2.05) is 28.8 Å². The third-order valence-electron chi connectivity index (χ3n) is 5.07.